The van der Waals surface area contributed by atoms with E-state index in [2.05, 4.69) is 0 Å². The number of aliphatic carboxylic acids is 1. The van der Waals surface area contributed by atoms with Crippen molar-refractivity contribution in [3.63, 3.8) is 0 Å². The number of hydrogen-bond acceptors (Lipinski definition) is 3. The van der Waals surface area contributed by atoms with Gasteiger partial charge in [-0.15, -0.1) is 0 Å². The Morgan fingerprint density at radius 3 is 2.50 bits per heavy atom. The molecule has 0 aliphatic rings. The fourth-order valence-corrected chi connectivity index (χ4v) is 1.05. The average molecular weight is 230 g/mol. The molecule has 0 aromatic heterocycles. The van der Waals surface area contributed by atoms with Crippen molar-refractivity contribution < 1.29 is 23.1 Å². The molecule has 0 fully saturated rings. The zero-order chi connectivity index (χ0) is 12.3. The summed E-state index contributed by atoms with van der Waals surface area (Å²) in [5.74, 6) is -1.50. The SMILES string of the molecule is Nc1ccc(C(F)(F)F)cc1/C=C/C(=O)[O-]. The maximum absolute atomic E-state index is 12.3. The molecule has 3 nitrogen and oxygen atoms in total. The van der Waals surface area contributed by atoms with Crippen molar-refractivity contribution in [1.29, 1.82) is 0 Å². The minimum Gasteiger partial charge on any atom is -0.545 e. The third-order valence-corrected chi connectivity index (χ3v) is 1.81. The molecule has 0 atom stereocenters. The van der Waals surface area contributed by atoms with E-state index >= 15 is 0 Å². The van der Waals surface area contributed by atoms with Gasteiger partial charge in [-0.3, -0.25) is 0 Å². The fraction of sp³-hybridized carbons (Fsp3) is 0.100. The first-order valence-corrected chi connectivity index (χ1v) is 4.16. The van der Waals surface area contributed by atoms with Gasteiger partial charge >= 0.3 is 6.18 Å². The van der Waals surface area contributed by atoms with Crippen LogP contribution in [0.3, 0.4) is 0 Å². The Balaban J connectivity index is 3.14. The number of benzene rings is 1. The number of nitrogens with two attached hydrogens (primary N) is 1. The number of carbonyl (C=O) groups is 1. The molecule has 0 amide bonds. The smallest absolute Gasteiger partial charge is 0.416 e. The third-order valence-electron chi connectivity index (χ3n) is 1.81. The highest BCUT2D eigenvalue weighted by Gasteiger charge is 2.30. The molecule has 1 aromatic rings. The maximum atomic E-state index is 12.3. The Hall–Kier alpha value is -1.98. The Morgan fingerprint density at radius 2 is 2.00 bits per heavy atom. The minimum absolute atomic E-state index is 0.0148. The molecule has 16 heavy (non-hydrogen) atoms. The quantitative estimate of drug-likeness (QED) is 0.610. The summed E-state index contributed by atoms with van der Waals surface area (Å²) in [4.78, 5) is 10.1. The van der Waals surface area contributed by atoms with Crippen molar-refractivity contribution in [2.45, 2.75) is 6.18 Å². The largest absolute Gasteiger partial charge is 0.545 e. The van der Waals surface area contributed by atoms with Crippen LogP contribution in [0.1, 0.15) is 11.1 Å². The van der Waals surface area contributed by atoms with Gasteiger partial charge in [0.25, 0.3) is 0 Å². The predicted octanol–water partition coefficient (Wildman–Crippen LogP) is 1.05. The highest BCUT2D eigenvalue weighted by molar-refractivity contribution is 5.85. The maximum Gasteiger partial charge on any atom is 0.416 e. The molecule has 0 aliphatic carbocycles. The van der Waals surface area contributed by atoms with Crippen LogP contribution in [-0.4, -0.2) is 5.97 Å². The summed E-state index contributed by atoms with van der Waals surface area (Å²) in [7, 11) is 0. The number of anilines is 1. The van der Waals surface area contributed by atoms with E-state index in [-0.39, 0.29) is 11.3 Å². The summed E-state index contributed by atoms with van der Waals surface area (Å²) in [6.07, 6.45) is -2.91. The Bertz CT molecular complexity index is 438. The van der Waals surface area contributed by atoms with Gasteiger partial charge in [0, 0.05) is 5.69 Å². The molecular weight excluding hydrogens is 223 g/mol. The number of nitrogen functional groups attached to an aromatic ring is 1. The van der Waals surface area contributed by atoms with E-state index in [1.807, 2.05) is 0 Å². The molecule has 0 spiro atoms. The average Bonchev–Trinajstić information content (AvgIpc) is 2.14. The predicted molar refractivity (Wildman–Crippen MR) is 49.9 cm³/mol. The van der Waals surface area contributed by atoms with E-state index in [0.717, 1.165) is 24.3 Å². The second-order valence-electron chi connectivity index (χ2n) is 2.99. The summed E-state index contributed by atoms with van der Waals surface area (Å²) >= 11 is 0. The lowest BCUT2D eigenvalue weighted by Crippen LogP contribution is -2.18. The molecule has 2 N–H and O–H groups in total. The highest BCUT2D eigenvalue weighted by atomic mass is 19.4. The van der Waals surface area contributed by atoms with E-state index in [1.165, 1.54) is 0 Å². The summed E-state index contributed by atoms with van der Waals surface area (Å²) in [6.45, 7) is 0. The lowest BCUT2D eigenvalue weighted by molar-refractivity contribution is -0.297. The van der Waals surface area contributed by atoms with Gasteiger partial charge in [-0.05, 0) is 29.8 Å². The van der Waals surface area contributed by atoms with Crippen LogP contribution in [0, 0.1) is 0 Å². The van der Waals surface area contributed by atoms with Crippen LogP contribution in [0.5, 0.6) is 0 Å². The molecule has 0 aliphatic heterocycles. The number of carboxylic acid groups (broad SMARTS) is 1. The van der Waals surface area contributed by atoms with Crippen LogP contribution < -0.4 is 10.8 Å². The Kier molecular flexibility index (Phi) is 3.22. The second kappa shape index (κ2) is 4.26. The number of carbonyl (C=O) groups excluding carboxylic acids is 1. The van der Waals surface area contributed by atoms with Crippen molar-refractivity contribution in [2.75, 3.05) is 5.73 Å². The van der Waals surface area contributed by atoms with Crippen molar-refractivity contribution in [2.24, 2.45) is 0 Å². The molecular formula is C10H7F3NO2-. The highest BCUT2D eigenvalue weighted by Crippen LogP contribution is 2.31. The van der Waals surface area contributed by atoms with Crippen molar-refractivity contribution in [1.82, 2.24) is 0 Å². The normalized spacial score (nSPS) is 11.9. The van der Waals surface area contributed by atoms with Crippen LogP contribution >= 0.6 is 0 Å². The van der Waals surface area contributed by atoms with Crippen LogP contribution in [-0.2, 0) is 11.0 Å². The topological polar surface area (TPSA) is 66.2 Å². The minimum atomic E-state index is -4.49. The monoisotopic (exact) mass is 230 g/mol. The first-order chi connectivity index (χ1) is 7.30. The number of halogens is 3. The van der Waals surface area contributed by atoms with Gasteiger partial charge in [-0.2, -0.15) is 13.2 Å². The molecule has 0 unspecified atom stereocenters. The fourth-order valence-electron chi connectivity index (χ4n) is 1.05. The summed E-state index contributed by atoms with van der Waals surface area (Å²) in [5, 5.41) is 10.1. The second-order valence-corrected chi connectivity index (χ2v) is 2.99. The lowest BCUT2D eigenvalue weighted by atomic mass is 10.1. The standard InChI is InChI=1S/C10H8F3NO2/c11-10(12,13)7-2-3-8(14)6(5-7)1-4-9(15)16/h1-5H,14H2,(H,15,16)/p-1/b4-1+. The van der Waals surface area contributed by atoms with Crippen LogP contribution in [0.2, 0.25) is 0 Å². The molecule has 0 saturated carbocycles. The molecule has 6 heteroatoms. The van der Waals surface area contributed by atoms with Crippen LogP contribution in [0.25, 0.3) is 6.08 Å². The van der Waals surface area contributed by atoms with Gasteiger partial charge in [0.05, 0.1) is 11.5 Å². The van der Waals surface area contributed by atoms with Gasteiger partial charge in [0.2, 0.25) is 0 Å². The molecule has 1 rings (SSSR count). The third kappa shape index (κ3) is 3.01. The van der Waals surface area contributed by atoms with Crippen molar-refractivity contribution in [3.05, 3.63) is 35.4 Å². The van der Waals surface area contributed by atoms with E-state index < -0.39 is 17.7 Å². The first kappa shape index (κ1) is 12.1. The van der Waals surface area contributed by atoms with Gasteiger partial charge < -0.3 is 15.6 Å². The zero-order valence-corrected chi connectivity index (χ0v) is 7.91. The summed E-state index contributed by atoms with van der Waals surface area (Å²) in [6, 6.07) is 2.66. The van der Waals surface area contributed by atoms with Gasteiger partial charge in [0.1, 0.15) is 0 Å². The van der Waals surface area contributed by atoms with E-state index in [9.17, 15) is 23.1 Å². The van der Waals surface area contributed by atoms with Gasteiger partial charge in [-0.25, -0.2) is 0 Å². The van der Waals surface area contributed by atoms with Crippen molar-refractivity contribution in [3.8, 4) is 0 Å². The summed E-state index contributed by atoms with van der Waals surface area (Å²) in [5.41, 5.74) is 4.54. The first-order valence-electron chi connectivity index (χ1n) is 4.16. The van der Waals surface area contributed by atoms with Gasteiger partial charge in [0.15, 0.2) is 0 Å². The molecule has 0 bridgehead atoms. The Labute approximate surface area is 89.0 Å². The number of alkyl halides is 3. The van der Waals surface area contributed by atoms with E-state index in [0.29, 0.717) is 6.08 Å². The zero-order valence-electron chi connectivity index (χ0n) is 7.91. The molecule has 0 heterocycles. The molecule has 0 radical (unpaired) electrons. The van der Waals surface area contributed by atoms with Crippen LogP contribution in [0.4, 0.5) is 18.9 Å². The van der Waals surface area contributed by atoms with E-state index in [4.69, 9.17) is 5.73 Å². The molecule has 0 saturated heterocycles. The van der Waals surface area contributed by atoms with Gasteiger partial charge in [-0.1, -0.05) is 6.08 Å². The van der Waals surface area contributed by atoms with E-state index in [1.54, 1.807) is 0 Å². The molecule has 1 aromatic carbocycles. The lowest BCUT2D eigenvalue weighted by Gasteiger charge is -2.08. The Morgan fingerprint density at radius 1 is 1.38 bits per heavy atom. The van der Waals surface area contributed by atoms with Crippen LogP contribution in [0.15, 0.2) is 24.3 Å². The number of hydrogen-bond donors (Lipinski definition) is 1. The van der Waals surface area contributed by atoms with Crippen molar-refractivity contribution >= 4 is 17.7 Å². The summed E-state index contributed by atoms with van der Waals surface area (Å²) < 4.78 is 36.9. The number of carboxylic acids is 1. The number of rotatable bonds is 2. The molecule has 86 valence electrons.